The van der Waals surface area contributed by atoms with Crippen LogP contribution in [0.5, 0.6) is 11.5 Å². The lowest BCUT2D eigenvalue weighted by molar-refractivity contribution is -0.143. The maximum atomic E-state index is 14.0. The molecule has 13 heteroatoms. The Morgan fingerprint density at radius 1 is 1.00 bits per heavy atom. The van der Waals surface area contributed by atoms with Gasteiger partial charge in [0.05, 0.1) is 26.0 Å². The highest BCUT2D eigenvalue weighted by Crippen LogP contribution is 2.34. The van der Waals surface area contributed by atoms with Crippen molar-refractivity contribution < 1.29 is 33.4 Å². The Labute approximate surface area is 229 Å². The SMILES string of the molecule is CCOC(=O)CNC(=O)[C@@H](c1ccc(OCC)cc1)N(C(=O)c1snc(C(N)=O)c1N)c1ccc(OC)cc1. The number of rotatable bonds is 12. The molecule has 2 aromatic carbocycles. The molecule has 1 heterocycles. The van der Waals surface area contributed by atoms with Crippen molar-refractivity contribution in [3.63, 3.8) is 0 Å². The van der Waals surface area contributed by atoms with Gasteiger partial charge in [-0.1, -0.05) is 12.1 Å². The summed E-state index contributed by atoms with van der Waals surface area (Å²) in [6.07, 6.45) is 0. The number of primary amides is 1. The molecule has 0 saturated carbocycles. The first-order valence-corrected chi connectivity index (χ1v) is 12.7. The van der Waals surface area contributed by atoms with E-state index in [1.807, 2.05) is 6.92 Å². The quantitative estimate of drug-likeness (QED) is 0.283. The third-order valence-corrected chi connectivity index (χ3v) is 6.30. The summed E-state index contributed by atoms with van der Waals surface area (Å²) in [5.41, 5.74) is 11.7. The van der Waals surface area contributed by atoms with E-state index in [4.69, 9.17) is 25.7 Å². The van der Waals surface area contributed by atoms with Gasteiger partial charge in [-0.25, -0.2) is 0 Å². The van der Waals surface area contributed by atoms with Crippen LogP contribution >= 0.6 is 11.5 Å². The van der Waals surface area contributed by atoms with Gasteiger partial charge in [0.15, 0.2) is 5.69 Å². The Morgan fingerprint density at radius 2 is 1.64 bits per heavy atom. The van der Waals surface area contributed by atoms with E-state index in [0.29, 0.717) is 40.9 Å². The second-order valence-corrected chi connectivity index (χ2v) is 8.71. The molecule has 0 spiro atoms. The fourth-order valence-corrected chi connectivity index (χ4v) is 4.41. The van der Waals surface area contributed by atoms with E-state index in [1.165, 1.54) is 12.0 Å². The Balaban J connectivity index is 2.15. The average molecular weight is 556 g/mol. The third kappa shape index (κ3) is 6.82. The molecule has 1 aromatic heterocycles. The first-order valence-electron chi connectivity index (χ1n) is 11.9. The number of benzene rings is 2. The Kier molecular flexibility index (Phi) is 9.81. The van der Waals surface area contributed by atoms with E-state index >= 15 is 0 Å². The number of esters is 1. The van der Waals surface area contributed by atoms with Crippen LogP contribution in [0.3, 0.4) is 0 Å². The van der Waals surface area contributed by atoms with Crippen LogP contribution in [0.1, 0.15) is 45.6 Å². The zero-order valence-electron chi connectivity index (χ0n) is 21.6. The second-order valence-electron chi connectivity index (χ2n) is 7.94. The average Bonchev–Trinajstić information content (AvgIpc) is 3.32. The Morgan fingerprint density at radius 3 is 2.18 bits per heavy atom. The molecule has 0 aliphatic carbocycles. The molecule has 0 radical (unpaired) electrons. The monoisotopic (exact) mass is 555 g/mol. The molecular formula is C26H29N5O7S. The molecule has 0 aliphatic heterocycles. The van der Waals surface area contributed by atoms with Crippen LogP contribution in [-0.4, -0.2) is 54.9 Å². The van der Waals surface area contributed by atoms with Crippen LogP contribution in [0.4, 0.5) is 11.4 Å². The van der Waals surface area contributed by atoms with Gasteiger partial charge in [0, 0.05) is 5.69 Å². The zero-order chi connectivity index (χ0) is 28.5. The maximum Gasteiger partial charge on any atom is 0.325 e. The molecular weight excluding hydrogens is 526 g/mol. The summed E-state index contributed by atoms with van der Waals surface area (Å²) in [6, 6.07) is 11.7. The van der Waals surface area contributed by atoms with Crippen molar-refractivity contribution in [1.29, 1.82) is 0 Å². The van der Waals surface area contributed by atoms with Crippen LogP contribution in [-0.2, 0) is 14.3 Å². The predicted octanol–water partition coefficient (Wildman–Crippen LogP) is 2.30. The summed E-state index contributed by atoms with van der Waals surface area (Å²) in [4.78, 5) is 52.5. The second kappa shape index (κ2) is 13.2. The molecule has 0 saturated heterocycles. The van der Waals surface area contributed by atoms with Gasteiger partial charge in [-0.2, -0.15) is 4.37 Å². The van der Waals surface area contributed by atoms with E-state index in [-0.39, 0.29) is 22.9 Å². The van der Waals surface area contributed by atoms with Gasteiger partial charge in [-0.05, 0) is 67.3 Å². The molecule has 5 N–H and O–H groups in total. The number of carbonyl (C=O) groups is 4. The molecule has 3 amide bonds. The summed E-state index contributed by atoms with van der Waals surface area (Å²) >= 11 is 0.684. The normalized spacial score (nSPS) is 11.3. The predicted molar refractivity (Wildman–Crippen MR) is 145 cm³/mol. The lowest BCUT2D eigenvalue weighted by Crippen LogP contribution is -2.45. The standard InChI is InChI=1S/C26H29N5O7S/c1-4-37-18-10-6-15(7-11-18)22(25(34)29-14-19(32)38-5-2)31(16-8-12-17(36-3)13-9-16)26(35)23-20(27)21(24(28)33)30-39-23/h6-13,22H,4-5,14,27H2,1-3H3,(H2,28,33)(H,29,34)/t22-/m1/s1. The van der Waals surface area contributed by atoms with Gasteiger partial charge in [-0.15, -0.1) is 0 Å². The number of hydrogen-bond donors (Lipinski definition) is 3. The lowest BCUT2D eigenvalue weighted by atomic mass is 10.0. The van der Waals surface area contributed by atoms with Gasteiger partial charge in [0.25, 0.3) is 11.8 Å². The third-order valence-electron chi connectivity index (χ3n) is 5.45. The maximum absolute atomic E-state index is 14.0. The number of amides is 3. The summed E-state index contributed by atoms with van der Waals surface area (Å²) in [7, 11) is 1.49. The van der Waals surface area contributed by atoms with Gasteiger partial charge < -0.3 is 31.0 Å². The summed E-state index contributed by atoms with van der Waals surface area (Å²) in [6.45, 7) is 3.64. The number of methoxy groups -OCH3 is 1. The number of ether oxygens (including phenoxy) is 3. The lowest BCUT2D eigenvalue weighted by Gasteiger charge is -2.31. The minimum atomic E-state index is -1.28. The van der Waals surface area contributed by atoms with Crippen LogP contribution in [0.15, 0.2) is 48.5 Å². The fraction of sp³-hybridized carbons (Fsp3) is 0.269. The summed E-state index contributed by atoms with van der Waals surface area (Å²) in [5, 5.41) is 2.54. The molecule has 0 unspecified atom stereocenters. The minimum Gasteiger partial charge on any atom is -0.497 e. The van der Waals surface area contributed by atoms with Crippen molar-refractivity contribution >= 4 is 46.6 Å². The topological polar surface area (TPSA) is 176 Å². The van der Waals surface area contributed by atoms with Gasteiger partial charge >= 0.3 is 5.97 Å². The van der Waals surface area contributed by atoms with E-state index in [2.05, 4.69) is 9.69 Å². The number of nitrogens with zero attached hydrogens (tertiary/aromatic N) is 2. The molecule has 39 heavy (non-hydrogen) atoms. The first-order chi connectivity index (χ1) is 18.7. The number of nitrogen functional groups attached to an aromatic ring is 1. The van der Waals surface area contributed by atoms with Crippen LogP contribution in [0.25, 0.3) is 0 Å². The highest BCUT2D eigenvalue weighted by Gasteiger charge is 2.36. The zero-order valence-corrected chi connectivity index (χ0v) is 22.4. The smallest absolute Gasteiger partial charge is 0.325 e. The highest BCUT2D eigenvalue weighted by molar-refractivity contribution is 7.09. The van der Waals surface area contributed by atoms with Crippen molar-refractivity contribution in [3.05, 3.63) is 64.7 Å². The molecule has 3 rings (SSSR count). The molecule has 206 valence electrons. The van der Waals surface area contributed by atoms with Gasteiger partial charge in [0.1, 0.15) is 29.0 Å². The van der Waals surface area contributed by atoms with Gasteiger partial charge in [0.2, 0.25) is 5.91 Å². The van der Waals surface area contributed by atoms with Crippen LogP contribution < -0.4 is 31.2 Å². The van der Waals surface area contributed by atoms with Gasteiger partial charge in [-0.3, -0.25) is 24.1 Å². The van der Waals surface area contributed by atoms with Crippen LogP contribution in [0, 0.1) is 0 Å². The largest absolute Gasteiger partial charge is 0.497 e. The van der Waals surface area contributed by atoms with Crippen molar-refractivity contribution in [2.24, 2.45) is 5.73 Å². The first kappa shape index (κ1) is 28.9. The molecule has 0 fully saturated rings. The highest BCUT2D eigenvalue weighted by atomic mass is 32.1. The van der Waals surface area contributed by atoms with E-state index in [0.717, 1.165) is 0 Å². The van der Waals surface area contributed by atoms with Crippen molar-refractivity contribution in [2.75, 3.05) is 37.5 Å². The van der Waals surface area contributed by atoms with Crippen molar-refractivity contribution in [3.8, 4) is 11.5 Å². The Hall–Kier alpha value is -4.65. The number of anilines is 2. The van der Waals surface area contributed by atoms with Crippen LogP contribution in [0.2, 0.25) is 0 Å². The number of hydrogen-bond acceptors (Lipinski definition) is 10. The number of nitrogens with one attached hydrogen (secondary N) is 1. The minimum absolute atomic E-state index is 0.0891. The molecule has 0 aliphatic rings. The number of aromatic nitrogens is 1. The fourth-order valence-electron chi connectivity index (χ4n) is 3.66. The molecule has 12 nitrogen and oxygen atoms in total. The summed E-state index contributed by atoms with van der Waals surface area (Å²) in [5.74, 6) is -1.84. The van der Waals surface area contributed by atoms with Crippen molar-refractivity contribution in [2.45, 2.75) is 19.9 Å². The summed E-state index contributed by atoms with van der Waals surface area (Å²) < 4.78 is 19.6. The van der Waals surface area contributed by atoms with E-state index in [1.54, 1.807) is 55.5 Å². The van der Waals surface area contributed by atoms with E-state index < -0.39 is 36.3 Å². The van der Waals surface area contributed by atoms with E-state index in [9.17, 15) is 19.2 Å². The Bertz CT molecular complexity index is 1330. The number of carbonyl (C=O) groups excluding carboxylic acids is 4. The van der Waals surface area contributed by atoms with Crippen molar-refractivity contribution in [1.82, 2.24) is 9.69 Å². The molecule has 3 aromatic rings. The number of nitrogens with two attached hydrogens (primary N) is 2. The molecule has 1 atom stereocenters. The molecule has 0 bridgehead atoms.